The number of hydrogen-bond acceptors (Lipinski definition) is 4. The normalized spacial score (nSPS) is 19.2. The zero-order valence-electron chi connectivity index (χ0n) is 13.5. The van der Waals surface area contributed by atoms with Crippen molar-refractivity contribution in [2.24, 2.45) is 11.7 Å². The van der Waals surface area contributed by atoms with E-state index in [-0.39, 0.29) is 36.8 Å². The largest absolute Gasteiger partial charge is 0.349 e. The molecule has 3 N–H and O–H groups in total. The number of hydrogen-bond donors (Lipinski definition) is 2. The van der Waals surface area contributed by atoms with Gasteiger partial charge in [-0.25, -0.2) is 0 Å². The minimum Gasteiger partial charge on any atom is -0.349 e. The zero-order valence-corrected chi connectivity index (χ0v) is 16.0. The number of carbonyl (C=O) groups is 1. The Morgan fingerprint density at radius 2 is 2.12 bits per heavy atom. The molecule has 1 aliphatic carbocycles. The predicted molar refractivity (Wildman–Crippen MR) is 104 cm³/mol. The van der Waals surface area contributed by atoms with Gasteiger partial charge >= 0.3 is 0 Å². The van der Waals surface area contributed by atoms with Gasteiger partial charge in [0.25, 0.3) is 5.91 Å². The highest BCUT2D eigenvalue weighted by atomic mass is 35.5. The highest BCUT2D eigenvalue weighted by molar-refractivity contribution is 7.08. The van der Waals surface area contributed by atoms with Crippen LogP contribution < -0.4 is 11.1 Å². The van der Waals surface area contributed by atoms with Crippen LogP contribution in [0, 0.1) is 12.8 Å². The Morgan fingerprint density at radius 1 is 1.33 bits per heavy atom. The van der Waals surface area contributed by atoms with Gasteiger partial charge in [0, 0.05) is 17.0 Å². The monoisotopic (exact) mass is 387 g/mol. The van der Waals surface area contributed by atoms with E-state index in [4.69, 9.17) is 5.73 Å². The standard InChI is InChI=1S/C17H21N3OS.2ClH/c1-11-14(5-6-16(19-11)13-7-8-22-10-13)17(21)20-15-4-2-3-12(15)9-18;;/h5-8,10,12,15H,2-4,9,18H2,1H3,(H,20,21);2*1H. The smallest absolute Gasteiger partial charge is 0.253 e. The van der Waals surface area contributed by atoms with Crippen LogP contribution in [0.15, 0.2) is 29.0 Å². The lowest BCUT2D eigenvalue weighted by atomic mass is 10.0. The molecule has 1 saturated carbocycles. The van der Waals surface area contributed by atoms with Crippen LogP contribution in [-0.2, 0) is 0 Å². The topological polar surface area (TPSA) is 68.0 Å². The molecular weight excluding hydrogens is 365 g/mol. The third kappa shape index (κ3) is 4.48. The Morgan fingerprint density at radius 3 is 2.75 bits per heavy atom. The average molecular weight is 388 g/mol. The van der Waals surface area contributed by atoms with Gasteiger partial charge in [0.15, 0.2) is 0 Å². The SMILES string of the molecule is Cc1nc(-c2ccsc2)ccc1C(=O)NC1CCCC1CN.Cl.Cl. The number of aryl methyl sites for hydroxylation is 1. The maximum absolute atomic E-state index is 12.5. The lowest BCUT2D eigenvalue weighted by molar-refractivity contribution is 0.0928. The number of aromatic nitrogens is 1. The van der Waals surface area contributed by atoms with E-state index in [9.17, 15) is 4.79 Å². The molecule has 4 nitrogen and oxygen atoms in total. The van der Waals surface area contributed by atoms with Gasteiger partial charge in [-0.2, -0.15) is 11.3 Å². The van der Waals surface area contributed by atoms with Crippen molar-refractivity contribution in [3.8, 4) is 11.3 Å². The first-order valence-electron chi connectivity index (χ1n) is 7.70. The lowest BCUT2D eigenvalue weighted by Crippen LogP contribution is -2.40. The van der Waals surface area contributed by atoms with E-state index in [0.29, 0.717) is 18.0 Å². The molecule has 1 amide bonds. The highest BCUT2D eigenvalue weighted by Gasteiger charge is 2.28. The van der Waals surface area contributed by atoms with E-state index in [1.54, 1.807) is 11.3 Å². The summed E-state index contributed by atoms with van der Waals surface area (Å²) in [6.07, 6.45) is 3.27. The van der Waals surface area contributed by atoms with Crippen molar-refractivity contribution in [3.63, 3.8) is 0 Å². The van der Waals surface area contributed by atoms with Crippen molar-refractivity contribution in [2.45, 2.75) is 32.2 Å². The van der Waals surface area contributed by atoms with Crippen molar-refractivity contribution < 1.29 is 4.79 Å². The first kappa shape index (κ1) is 20.9. The third-order valence-corrected chi connectivity index (χ3v) is 5.11. The molecule has 2 atom stereocenters. The van der Waals surface area contributed by atoms with Gasteiger partial charge < -0.3 is 11.1 Å². The summed E-state index contributed by atoms with van der Waals surface area (Å²) >= 11 is 1.64. The van der Waals surface area contributed by atoms with Gasteiger partial charge in [-0.15, -0.1) is 24.8 Å². The van der Waals surface area contributed by atoms with Crippen molar-refractivity contribution in [3.05, 3.63) is 40.2 Å². The number of thiophene rings is 1. The Kier molecular flexibility index (Phi) is 8.16. The predicted octanol–water partition coefficient (Wildman–Crippen LogP) is 3.82. The lowest BCUT2D eigenvalue weighted by Gasteiger charge is -2.20. The minimum absolute atomic E-state index is 0. The second-order valence-electron chi connectivity index (χ2n) is 5.85. The maximum Gasteiger partial charge on any atom is 0.253 e. The number of nitrogens with two attached hydrogens (primary N) is 1. The molecule has 3 rings (SSSR count). The fourth-order valence-electron chi connectivity index (χ4n) is 3.13. The number of rotatable bonds is 4. The molecular formula is C17H23Cl2N3OS. The summed E-state index contributed by atoms with van der Waals surface area (Å²) in [5.74, 6) is 0.370. The van der Waals surface area contributed by atoms with Crippen LogP contribution in [0.3, 0.4) is 0 Å². The molecule has 7 heteroatoms. The van der Waals surface area contributed by atoms with Crippen LogP contribution in [0.1, 0.15) is 35.3 Å². The molecule has 1 aliphatic rings. The van der Waals surface area contributed by atoms with E-state index >= 15 is 0 Å². The van der Waals surface area contributed by atoms with Crippen LogP contribution in [0.25, 0.3) is 11.3 Å². The molecule has 0 spiro atoms. The molecule has 2 unspecified atom stereocenters. The van der Waals surface area contributed by atoms with Gasteiger partial charge in [-0.3, -0.25) is 9.78 Å². The molecule has 2 heterocycles. The summed E-state index contributed by atoms with van der Waals surface area (Å²) in [5, 5.41) is 7.22. The molecule has 0 aromatic carbocycles. The number of nitrogens with zero attached hydrogens (tertiary/aromatic N) is 1. The van der Waals surface area contributed by atoms with Gasteiger partial charge in [0.05, 0.1) is 17.0 Å². The van der Waals surface area contributed by atoms with Crippen molar-refractivity contribution in [1.29, 1.82) is 0 Å². The number of nitrogens with one attached hydrogen (secondary N) is 1. The maximum atomic E-state index is 12.5. The summed E-state index contributed by atoms with van der Waals surface area (Å²) < 4.78 is 0. The number of halogens is 2. The molecule has 132 valence electrons. The summed E-state index contributed by atoms with van der Waals surface area (Å²) in [4.78, 5) is 17.1. The number of amides is 1. The van der Waals surface area contributed by atoms with Crippen LogP contribution in [0.4, 0.5) is 0 Å². The van der Waals surface area contributed by atoms with Crippen LogP contribution >= 0.6 is 36.2 Å². The summed E-state index contributed by atoms with van der Waals surface area (Å²) in [6, 6.07) is 6.03. The van der Waals surface area contributed by atoms with E-state index in [1.165, 1.54) is 0 Å². The molecule has 1 fully saturated rings. The van der Waals surface area contributed by atoms with Gasteiger partial charge in [-0.1, -0.05) is 6.42 Å². The first-order chi connectivity index (χ1) is 10.7. The second kappa shape index (κ2) is 9.37. The van der Waals surface area contributed by atoms with E-state index in [2.05, 4.69) is 15.7 Å². The van der Waals surface area contributed by atoms with Crippen molar-refractivity contribution in [1.82, 2.24) is 10.3 Å². The fraction of sp³-hybridized carbons (Fsp3) is 0.412. The number of carbonyl (C=O) groups excluding carboxylic acids is 1. The van der Waals surface area contributed by atoms with E-state index in [0.717, 1.165) is 36.2 Å². The van der Waals surface area contributed by atoms with Crippen molar-refractivity contribution in [2.75, 3.05) is 6.54 Å². The zero-order chi connectivity index (χ0) is 15.5. The van der Waals surface area contributed by atoms with Crippen molar-refractivity contribution >= 4 is 42.1 Å². The molecule has 0 bridgehead atoms. The fourth-order valence-corrected chi connectivity index (χ4v) is 3.78. The summed E-state index contributed by atoms with van der Waals surface area (Å²) in [5.41, 5.74) is 9.21. The van der Waals surface area contributed by atoms with E-state index < -0.39 is 0 Å². The van der Waals surface area contributed by atoms with E-state index in [1.807, 2.05) is 30.5 Å². The first-order valence-corrected chi connectivity index (χ1v) is 8.64. The highest BCUT2D eigenvalue weighted by Crippen LogP contribution is 2.25. The quantitative estimate of drug-likeness (QED) is 0.837. The Hall–Kier alpha value is -1.14. The molecule has 24 heavy (non-hydrogen) atoms. The molecule has 2 aromatic heterocycles. The molecule has 0 radical (unpaired) electrons. The van der Waals surface area contributed by atoms with Gasteiger partial charge in [0.1, 0.15) is 0 Å². The summed E-state index contributed by atoms with van der Waals surface area (Å²) in [6.45, 7) is 2.53. The molecule has 0 aliphatic heterocycles. The molecule has 0 saturated heterocycles. The third-order valence-electron chi connectivity index (χ3n) is 4.43. The Balaban J connectivity index is 0.00000144. The minimum atomic E-state index is -0.0350. The van der Waals surface area contributed by atoms with Gasteiger partial charge in [0.2, 0.25) is 0 Å². The second-order valence-corrected chi connectivity index (χ2v) is 6.63. The molecule has 2 aromatic rings. The van der Waals surface area contributed by atoms with Crippen LogP contribution in [-0.4, -0.2) is 23.5 Å². The Bertz CT molecular complexity index is 664. The summed E-state index contributed by atoms with van der Waals surface area (Å²) in [7, 11) is 0. The van der Waals surface area contributed by atoms with Crippen LogP contribution in [0.2, 0.25) is 0 Å². The Labute approximate surface area is 159 Å². The number of pyridine rings is 1. The van der Waals surface area contributed by atoms with Crippen LogP contribution in [0.5, 0.6) is 0 Å². The van der Waals surface area contributed by atoms with Gasteiger partial charge in [-0.05, 0) is 55.8 Å². The average Bonchev–Trinajstić information content (AvgIpc) is 3.18.